The van der Waals surface area contributed by atoms with Gasteiger partial charge in [-0.15, -0.1) is 11.3 Å². The molecule has 150 valence electrons. The summed E-state index contributed by atoms with van der Waals surface area (Å²) in [4.78, 5) is 57.2. The highest BCUT2D eigenvalue weighted by molar-refractivity contribution is 7.13. The molecule has 3 unspecified atom stereocenters. The van der Waals surface area contributed by atoms with E-state index in [0.717, 1.165) is 32.1 Å². The first-order valence-corrected chi connectivity index (χ1v) is 10.8. The molecule has 9 heteroatoms. The van der Waals surface area contributed by atoms with E-state index in [1.807, 2.05) is 0 Å². The molecule has 1 aliphatic carbocycles. The van der Waals surface area contributed by atoms with Gasteiger partial charge in [0.25, 0.3) is 0 Å². The topological polar surface area (TPSA) is 99.7 Å². The summed E-state index contributed by atoms with van der Waals surface area (Å²) in [5, 5.41) is 5.04. The monoisotopic (exact) mass is 404 g/mol. The zero-order valence-electron chi connectivity index (χ0n) is 15.6. The highest BCUT2D eigenvalue weighted by atomic mass is 32.1. The first-order valence-electron chi connectivity index (χ1n) is 9.91. The number of rotatable bonds is 5. The summed E-state index contributed by atoms with van der Waals surface area (Å²) in [5.41, 5.74) is 0. The van der Waals surface area contributed by atoms with Crippen molar-refractivity contribution in [3.8, 4) is 0 Å². The Bertz CT molecular complexity index is 757. The maximum atomic E-state index is 12.7. The summed E-state index contributed by atoms with van der Waals surface area (Å²) in [6, 6.07) is -0.524. The maximum Gasteiger partial charge on any atom is 0.248 e. The highest BCUT2D eigenvalue weighted by Gasteiger charge is 2.48. The summed E-state index contributed by atoms with van der Waals surface area (Å²) < 4.78 is 0. The van der Waals surface area contributed by atoms with Crippen LogP contribution < -0.4 is 5.32 Å². The van der Waals surface area contributed by atoms with Gasteiger partial charge in [-0.05, 0) is 25.7 Å². The Morgan fingerprint density at radius 2 is 1.82 bits per heavy atom. The van der Waals surface area contributed by atoms with E-state index in [1.54, 1.807) is 16.5 Å². The van der Waals surface area contributed by atoms with E-state index < -0.39 is 6.04 Å². The molecule has 3 fully saturated rings. The fourth-order valence-corrected chi connectivity index (χ4v) is 5.15. The Morgan fingerprint density at radius 1 is 1.11 bits per heavy atom. The molecule has 3 heterocycles. The first kappa shape index (κ1) is 19.0. The van der Waals surface area contributed by atoms with Gasteiger partial charge in [-0.25, -0.2) is 4.98 Å². The van der Waals surface area contributed by atoms with Crippen LogP contribution in [0.15, 0.2) is 11.6 Å². The number of nitrogens with zero attached hydrogens (tertiary/aromatic N) is 3. The number of hydrogen-bond donors (Lipinski definition) is 1. The zero-order valence-corrected chi connectivity index (χ0v) is 16.5. The van der Waals surface area contributed by atoms with E-state index in [9.17, 15) is 19.2 Å². The molecule has 4 amide bonds. The van der Waals surface area contributed by atoms with Crippen LogP contribution in [-0.2, 0) is 19.2 Å². The minimum absolute atomic E-state index is 0.0674. The molecule has 2 aliphatic heterocycles. The molecule has 28 heavy (non-hydrogen) atoms. The zero-order chi connectivity index (χ0) is 19.7. The maximum absolute atomic E-state index is 12.7. The van der Waals surface area contributed by atoms with Gasteiger partial charge in [-0.1, -0.05) is 12.8 Å². The Labute approximate surface area is 167 Å². The van der Waals surface area contributed by atoms with Gasteiger partial charge < -0.3 is 10.2 Å². The smallest absolute Gasteiger partial charge is 0.248 e. The van der Waals surface area contributed by atoms with Gasteiger partial charge in [-0.3, -0.25) is 24.1 Å². The molecule has 1 N–H and O–H groups in total. The summed E-state index contributed by atoms with van der Waals surface area (Å²) in [7, 11) is 0. The molecule has 8 nitrogen and oxygen atoms in total. The third-order valence-corrected chi connectivity index (χ3v) is 6.71. The van der Waals surface area contributed by atoms with Gasteiger partial charge in [0.1, 0.15) is 6.04 Å². The quantitative estimate of drug-likeness (QED) is 0.752. The molecular weight excluding hydrogens is 380 g/mol. The van der Waals surface area contributed by atoms with Crippen molar-refractivity contribution in [2.45, 2.75) is 51.0 Å². The Balaban J connectivity index is 1.34. The summed E-state index contributed by atoms with van der Waals surface area (Å²) in [5.74, 6) is -1.06. The van der Waals surface area contributed by atoms with E-state index >= 15 is 0 Å². The van der Waals surface area contributed by atoms with Crippen LogP contribution in [0.25, 0.3) is 0 Å². The van der Waals surface area contributed by atoms with E-state index in [1.165, 1.54) is 16.2 Å². The Morgan fingerprint density at radius 3 is 2.46 bits per heavy atom. The van der Waals surface area contributed by atoms with Crippen molar-refractivity contribution in [3.05, 3.63) is 11.6 Å². The predicted molar refractivity (Wildman–Crippen MR) is 102 cm³/mol. The standard InChI is InChI=1S/C19H24N4O4S/c24-15(7-10-23-17(26)12-4-1-2-5-13(12)18(23)27)22-9-3-6-14(22)16(25)21-19-20-8-11-28-19/h8,11-14H,1-7,9-10H2,(H,20,21,25). The SMILES string of the molecule is O=C(Nc1nccs1)C1CCCN1C(=O)CCN1C(=O)C2CCCCC2C1=O. The molecule has 3 atom stereocenters. The van der Waals surface area contributed by atoms with Crippen LogP contribution in [0.4, 0.5) is 5.13 Å². The lowest BCUT2D eigenvalue weighted by molar-refractivity contribution is -0.142. The average molecular weight is 404 g/mol. The lowest BCUT2D eigenvalue weighted by Crippen LogP contribution is -2.44. The Kier molecular flexibility index (Phi) is 5.43. The van der Waals surface area contributed by atoms with Gasteiger partial charge in [0.05, 0.1) is 11.8 Å². The van der Waals surface area contributed by atoms with E-state index in [0.29, 0.717) is 18.1 Å². The molecule has 0 aromatic carbocycles. The summed E-state index contributed by atoms with van der Waals surface area (Å²) in [6.45, 7) is 0.628. The number of imide groups is 1. The van der Waals surface area contributed by atoms with E-state index in [4.69, 9.17) is 0 Å². The van der Waals surface area contributed by atoms with E-state index in [2.05, 4.69) is 10.3 Å². The second kappa shape index (κ2) is 7.98. The fraction of sp³-hybridized carbons (Fsp3) is 0.632. The lowest BCUT2D eigenvalue weighted by Gasteiger charge is -2.24. The molecule has 1 aromatic rings. The highest BCUT2D eigenvalue weighted by Crippen LogP contribution is 2.38. The van der Waals surface area contributed by atoms with Gasteiger partial charge in [-0.2, -0.15) is 0 Å². The number of nitrogens with one attached hydrogen (secondary N) is 1. The second-order valence-electron chi connectivity index (χ2n) is 7.65. The third-order valence-electron chi connectivity index (χ3n) is 6.02. The van der Waals surface area contributed by atoms with Crippen molar-refractivity contribution in [2.75, 3.05) is 18.4 Å². The van der Waals surface area contributed by atoms with Crippen molar-refractivity contribution in [2.24, 2.45) is 11.8 Å². The van der Waals surface area contributed by atoms with Crippen molar-refractivity contribution in [1.82, 2.24) is 14.8 Å². The average Bonchev–Trinajstić information content (AvgIpc) is 3.43. The van der Waals surface area contributed by atoms with Crippen molar-refractivity contribution in [1.29, 1.82) is 0 Å². The van der Waals surface area contributed by atoms with Crippen LogP contribution in [0.3, 0.4) is 0 Å². The van der Waals surface area contributed by atoms with E-state index in [-0.39, 0.29) is 48.4 Å². The summed E-state index contributed by atoms with van der Waals surface area (Å²) >= 11 is 1.33. The fourth-order valence-electron chi connectivity index (χ4n) is 4.61. The van der Waals surface area contributed by atoms with Gasteiger partial charge in [0, 0.05) is 31.1 Å². The molecule has 1 saturated carbocycles. The van der Waals surface area contributed by atoms with Crippen molar-refractivity contribution >= 4 is 40.1 Å². The molecule has 3 aliphatic rings. The first-order chi connectivity index (χ1) is 13.6. The van der Waals surface area contributed by atoms with Gasteiger partial charge >= 0.3 is 0 Å². The third kappa shape index (κ3) is 3.55. The molecule has 4 rings (SSSR count). The molecule has 2 saturated heterocycles. The minimum Gasteiger partial charge on any atom is -0.331 e. The molecule has 1 aromatic heterocycles. The number of aromatic nitrogens is 1. The molecule has 0 radical (unpaired) electrons. The number of hydrogen-bond acceptors (Lipinski definition) is 6. The lowest BCUT2D eigenvalue weighted by atomic mass is 9.81. The van der Waals surface area contributed by atoms with Crippen LogP contribution in [0.2, 0.25) is 0 Å². The van der Waals surface area contributed by atoms with Crippen LogP contribution in [0.1, 0.15) is 44.9 Å². The largest absolute Gasteiger partial charge is 0.331 e. The number of anilines is 1. The van der Waals surface area contributed by atoms with Gasteiger partial charge in [0.2, 0.25) is 23.6 Å². The summed E-state index contributed by atoms with van der Waals surface area (Å²) in [6.07, 6.45) is 6.54. The van der Waals surface area contributed by atoms with Crippen LogP contribution >= 0.6 is 11.3 Å². The van der Waals surface area contributed by atoms with Crippen LogP contribution in [0.5, 0.6) is 0 Å². The normalized spacial score (nSPS) is 27.2. The van der Waals surface area contributed by atoms with Crippen LogP contribution in [-0.4, -0.2) is 57.5 Å². The number of thiazole rings is 1. The molecule has 0 spiro atoms. The molecular formula is C19H24N4O4S. The van der Waals surface area contributed by atoms with Gasteiger partial charge in [0.15, 0.2) is 5.13 Å². The number of carbonyl (C=O) groups is 4. The molecule has 0 bridgehead atoms. The number of likely N-dealkylation sites (tertiary alicyclic amines) is 2. The second-order valence-corrected chi connectivity index (χ2v) is 8.54. The number of carbonyl (C=O) groups excluding carboxylic acids is 4. The van der Waals surface area contributed by atoms with Crippen molar-refractivity contribution in [3.63, 3.8) is 0 Å². The predicted octanol–water partition coefficient (Wildman–Crippen LogP) is 1.64. The Hall–Kier alpha value is -2.29. The number of amides is 4. The van der Waals surface area contributed by atoms with Crippen molar-refractivity contribution < 1.29 is 19.2 Å². The number of fused-ring (bicyclic) bond motifs is 1. The van der Waals surface area contributed by atoms with Crippen LogP contribution in [0, 0.1) is 11.8 Å². The minimum atomic E-state index is -0.524.